The third-order valence-electron chi connectivity index (χ3n) is 7.51. The number of nitrogens with zero attached hydrogens (tertiary/aromatic N) is 3. The first-order valence-electron chi connectivity index (χ1n) is 12.6. The Kier molecular flexibility index (Phi) is 9.88. The van der Waals surface area contributed by atoms with Crippen molar-refractivity contribution < 1.29 is 0 Å². The van der Waals surface area contributed by atoms with Gasteiger partial charge in [-0.1, -0.05) is 24.6 Å². The van der Waals surface area contributed by atoms with Crippen molar-refractivity contribution in [1.82, 2.24) is 25.4 Å². The van der Waals surface area contributed by atoms with Crippen LogP contribution in [0.3, 0.4) is 0 Å². The molecule has 33 heavy (non-hydrogen) atoms. The zero-order valence-electron chi connectivity index (χ0n) is 20.8. The van der Waals surface area contributed by atoms with Crippen molar-refractivity contribution in [3.05, 3.63) is 35.5 Å². The number of aryl methyl sites for hydroxylation is 1. The van der Waals surface area contributed by atoms with Crippen LogP contribution in [0, 0.1) is 6.92 Å². The zero-order chi connectivity index (χ0) is 22.4. The summed E-state index contributed by atoms with van der Waals surface area (Å²) in [6.07, 6.45) is 7.49. The molecule has 3 heterocycles. The van der Waals surface area contributed by atoms with Gasteiger partial charge in [-0.3, -0.25) is 9.89 Å². The first kappa shape index (κ1) is 26.3. The largest absolute Gasteiger partial charge is 0.358 e. The number of guanidine groups is 1. The zero-order valence-corrected chi connectivity index (χ0v) is 23.1. The van der Waals surface area contributed by atoms with Crippen LogP contribution in [0.2, 0.25) is 0 Å². The number of nitrogens with one attached hydrogen (secondary N) is 3. The number of likely N-dealkylation sites (tertiary alicyclic amines) is 2. The third kappa shape index (κ3) is 6.42. The van der Waals surface area contributed by atoms with Crippen LogP contribution in [0.1, 0.15) is 50.3 Å². The first-order chi connectivity index (χ1) is 15.6. The molecule has 3 N–H and O–H groups in total. The number of fused-ring (bicyclic) bond motifs is 1. The van der Waals surface area contributed by atoms with E-state index in [9.17, 15) is 0 Å². The number of piperidine rings is 2. The van der Waals surface area contributed by atoms with E-state index in [0.717, 1.165) is 32.0 Å². The summed E-state index contributed by atoms with van der Waals surface area (Å²) in [6, 6.07) is 8.60. The lowest BCUT2D eigenvalue weighted by Crippen LogP contribution is -2.58. The van der Waals surface area contributed by atoms with Crippen molar-refractivity contribution in [2.24, 2.45) is 4.99 Å². The molecule has 0 aliphatic carbocycles. The molecule has 2 aromatic rings. The summed E-state index contributed by atoms with van der Waals surface area (Å²) in [6.45, 7) is 11.8. The van der Waals surface area contributed by atoms with Gasteiger partial charge in [-0.25, -0.2) is 0 Å². The van der Waals surface area contributed by atoms with Crippen molar-refractivity contribution in [2.45, 2.75) is 57.9 Å². The standard InChI is InChI=1S/C26H42N6.HI/c1-4-27-25(28-15-12-22-21(2)30-24-11-7-6-10-23(22)24)29-20-26(13-18-31(3)19-14-26)32-16-8-5-9-17-32;/h6-7,10-11,30H,4-5,8-9,12-20H2,1-3H3,(H2,27,28,29);1H. The molecule has 7 heteroatoms. The average molecular weight is 567 g/mol. The Labute approximate surface area is 217 Å². The Morgan fingerprint density at radius 2 is 1.79 bits per heavy atom. The van der Waals surface area contributed by atoms with Crippen LogP contribution in [0.4, 0.5) is 0 Å². The maximum Gasteiger partial charge on any atom is 0.191 e. The smallest absolute Gasteiger partial charge is 0.191 e. The predicted molar refractivity (Wildman–Crippen MR) is 151 cm³/mol. The molecule has 0 radical (unpaired) electrons. The maximum atomic E-state index is 5.14. The van der Waals surface area contributed by atoms with Crippen molar-refractivity contribution >= 4 is 40.8 Å². The number of aromatic amines is 1. The highest BCUT2D eigenvalue weighted by atomic mass is 127. The molecule has 1 aromatic carbocycles. The van der Waals surface area contributed by atoms with Crippen molar-refractivity contribution in [2.75, 3.05) is 52.9 Å². The number of H-pyrrole nitrogens is 1. The van der Waals surface area contributed by atoms with E-state index in [0.29, 0.717) is 0 Å². The molecule has 6 nitrogen and oxygen atoms in total. The second-order valence-electron chi connectivity index (χ2n) is 9.72. The summed E-state index contributed by atoms with van der Waals surface area (Å²) in [5.74, 6) is 0.959. The fourth-order valence-corrected chi connectivity index (χ4v) is 5.51. The fraction of sp³-hybridized carbons (Fsp3) is 0.654. The van der Waals surface area contributed by atoms with Gasteiger partial charge in [-0.15, -0.1) is 24.0 Å². The molecule has 0 spiro atoms. The lowest BCUT2D eigenvalue weighted by Gasteiger charge is -2.49. The van der Waals surface area contributed by atoms with Gasteiger partial charge in [-0.05, 0) is 90.8 Å². The predicted octanol–water partition coefficient (Wildman–Crippen LogP) is 4.14. The van der Waals surface area contributed by atoms with Gasteiger partial charge in [0.1, 0.15) is 0 Å². The highest BCUT2D eigenvalue weighted by Gasteiger charge is 2.39. The van der Waals surface area contributed by atoms with Gasteiger partial charge < -0.3 is 20.5 Å². The number of benzene rings is 1. The van der Waals surface area contributed by atoms with E-state index in [1.807, 2.05) is 0 Å². The summed E-state index contributed by atoms with van der Waals surface area (Å²) < 4.78 is 0. The topological polar surface area (TPSA) is 58.7 Å². The molecule has 2 aliphatic rings. The Hall–Kier alpha value is -1.32. The van der Waals surface area contributed by atoms with E-state index >= 15 is 0 Å². The van der Waals surface area contributed by atoms with E-state index in [2.05, 4.69) is 70.6 Å². The summed E-state index contributed by atoms with van der Waals surface area (Å²) in [5, 5.41) is 8.44. The Morgan fingerprint density at radius 1 is 1.06 bits per heavy atom. The molecule has 0 amide bonds. The van der Waals surface area contributed by atoms with Crippen LogP contribution >= 0.6 is 24.0 Å². The maximum absolute atomic E-state index is 5.14. The summed E-state index contributed by atoms with van der Waals surface area (Å²) >= 11 is 0. The molecule has 0 atom stereocenters. The van der Waals surface area contributed by atoms with Crippen molar-refractivity contribution in [3.63, 3.8) is 0 Å². The van der Waals surface area contributed by atoms with E-state index in [-0.39, 0.29) is 29.5 Å². The third-order valence-corrected chi connectivity index (χ3v) is 7.51. The van der Waals surface area contributed by atoms with Crippen molar-refractivity contribution in [3.8, 4) is 0 Å². The van der Waals surface area contributed by atoms with Gasteiger partial charge in [0.2, 0.25) is 0 Å². The summed E-state index contributed by atoms with van der Waals surface area (Å²) in [4.78, 5) is 13.9. The number of para-hydroxylation sites is 1. The molecule has 184 valence electrons. The molecule has 4 rings (SSSR count). The van der Waals surface area contributed by atoms with Gasteiger partial charge in [-0.2, -0.15) is 0 Å². The molecule has 0 unspecified atom stereocenters. The molecular formula is C26H43IN6. The number of aromatic nitrogens is 1. The minimum Gasteiger partial charge on any atom is -0.358 e. The monoisotopic (exact) mass is 566 g/mol. The van der Waals surface area contributed by atoms with Crippen LogP contribution in [0.5, 0.6) is 0 Å². The molecular weight excluding hydrogens is 523 g/mol. The number of aliphatic imine (C=N–C) groups is 1. The van der Waals surface area contributed by atoms with E-state index in [1.165, 1.54) is 80.4 Å². The minimum atomic E-state index is 0. The molecule has 0 saturated carbocycles. The second kappa shape index (κ2) is 12.4. The minimum absolute atomic E-state index is 0. The van der Waals surface area contributed by atoms with Gasteiger partial charge in [0, 0.05) is 35.2 Å². The Morgan fingerprint density at radius 3 is 2.52 bits per heavy atom. The number of rotatable bonds is 7. The van der Waals surface area contributed by atoms with Crippen LogP contribution < -0.4 is 10.6 Å². The van der Waals surface area contributed by atoms with Gasteiger partial charge in [0.25, 0.3) is 0 Å². The fourth-order valence-electron chi connectivity index (χ4n) is 5.51. The Balaban J connectivity index is 0.00000306. The van der Waals surface area contributed by atoms with Crippen LogP contribution in [0.15, 0.2) is 29.3 Å². The van der Waals surface area contributed by atoms with E-state index in [1.54, 1.807) is 0 Å². The van der Waals surface area contributed by atoms with Gasteiger partial charge in [0.05, 0.1) is 6.54 Å². The molecule has 0 bridgehead atoms. The lowest BCUT2D eigenvalue weighted by molar-refractivity contribution is 0.0208. The SMILES string of the molecule is CCNC(=NCC1(N2CCCCC2)CCN(C)CC1)NCCc1c(C)[nH]c2ccccc12.I. The summed E-state index contributed by atoms with van der Waals surface area (Å²) in [7, 11) is 2.25. The molecule has 2 saturated heterocycles. The number of halogens is 1. The number of hydrogen-bond acceptors (Lipinski definition) is 3. The van der Waals surface area contributed by atoms with Gasteiger partial charge in [0.15, 0.2) is 5.96 Å². The lowest BCUT2D eigenvalue weighted by atomic mass is 9.84. The molecule has 2 fully saturated rings. The van der Waals surface area contributed by atoms with Crippen LogP contribution in [-0.2, 0) is 6.42 Å². The van der Waals surface area contributed by atoms with Crippen LogP contribution in [0.25, 0.3) is 10.9 Å². The van der Waals surface area contributed by atoms with Crippen LogP contribution in [-0.4, -0.2) is 79.1 Å². The molecule has 2 aliphatic heterocycles. The van der Waals surface area contributed by atoms with E-state index < -0.39 is 0 Å². The van der Waals surface area contributed by atoms with E-state index in [4.69, 9.17) is 4.99 Å². The number of hydrogen-bond donors (Lipinski definition) is 3. The van der Waals surface area contributed by atoms with Crippen molar-refractivity contribution in [1.29, 1.82) is 0 Å². The normalized spacial score (nSPS) is 19.9. The first-order valence-corrected chi connectivity index (χ1v) is 12.6. The summed E-state index contributed by atoms with van der Waals surface area (Å²) in [5.41, 5.74) is 4.13. The quantitative estimate of drug-likeness (QED) is 0.268. The second-order valence-corrected chi connectivity index (χ2v) is 9.72. The molecule has 1 aromatic heterocycles. The highest BCUT2D eigenvalue weighted by Crippen LogP contribution is 2.31. The van der Waals surface area contributed by atoms with Gasteiger partial charge >= 0.3 is 0 Å². The Bertz CT molecular complexity index is 893. The highest BCUT2D eigenvalue weighted by molar-refractivity contribution is 14.0. The average Bonchev–Trinajstić information content (AvgIpc) is 3.14.